The zero-order valence-corrected chi connectivity index (χ0v) is 15.9. The zero-order chi connectivity index (χ0) is 17.8. The first-order valence-electron chi connectivity index (χ1n) is 9.73. The Morgan fingerprint density at radius 3 is 2.32 bits per heavy atom. The summed E-state index contributed by atoms with van der Waals surface area (Å²) < 4.78 is 0. The van der Waals surface area contributed by atoms with E-state index in [0.717, 1.165) is 11.5 Å². The van der Waals surface area contributed by atoms with Gasteiger partial charge in [0.1, 0.15) is 5.75 Å². The molecule has 0 aromatic heterocycles. The molecule has 0 heterocycles. The van der Waals surface area contributed by atoms with Gasteiger partial charge in [-0.2, -0.15) is 0 Å². The lowest BCUT2D eigenvalue weighted by Gasteiger charge is -2.40. The molecule has 2 aliphatic rings. The zero-order valence-electron chi connectivity index (χ0n) is 15.9. The minimum atomic E-state index is 0.209. The third-order valence-electron chi connectivity index (χ3n) is 8.03. The highest BCUT2D eigenvalue weighted by atomic mass is 16.3. The number of phenolic OH excluding ortho intramolecular Hbond substituents is 1. The van der Waals surface area contributed by atoms with Gasteiger partial charge in [0, 0.05) is 11.5 Å². The summed E-state index contributed by atoms with van der Waals surface area (Å²) in [7, 11) is 0. The van der Waals surface area contributed by atoms with E-state index in [0.29, 0.717) is 22.5 Å². The summed E-state index contributed by atoms with van der Waals surface area (Å²) in [6.07, 6.45) is 3.86. The van der Waals surface area contributed by atoms with Crippen LogP contribution in [-0.4, -0.2) is 5.11 Å². The van der Waals surface area contributed by atoms with Crippen LogP contribution in [0.5, 0.6) is 5.75 Å². The van der Waals surface area contributed by atoms with Gasteiger partial charge in [0.2, 0.25) is 0 Å². The largest absolute Gasteiger partial charge is 0.507 e. The standard InChI is InChI=1S/C24H30O/c1-16(17-9-6-5-7-10-17)19-11-8-12-20(22(19)25)21-15-18-13-14-24(21,4)23(18,2)3/h5-12,16,18,21,25H,13-15H2,1-4H3. The lowest BCUT2D eigenvalue weighted by atomic mass is 9.64. The highest BCUT2D eigenvalue weighted by Crippen LogP contribution is 2.71. The van der Waals surface area contributed by atoms with Gasteiger partial charge in [-0.05, 0) is 53.1 Å². The van der Waals surface area contributed by atoms with Gasteiger partial charge in [0.25, 0.3) is 0 Å². The van der Waals surface area contributed by atoms with Crippen molar-refractivity contribution in [1.82, 2.24) is 0 Å². The summed E-state index contributed by atoms with van der Waals surface area (Å²) in [4.78, 5) is 0. The molecule has 2 aliphatic carbocycles. The Morgan fingerprint density at radius 1 is 1.00 bits per heavy atom. The second-order valence-electron chi connectivity index (χ2n) is 9.08. The first-order valence-corrected chi connectivity index (χ1v) is 9.73. The summed E-state index contributed by atoms with van der Waals surface area (Å²) >= 11 is 0. The number of phenols is 1. The third kappa shape index (κ3) is 2.28. The molecular weight excluding hydrogens is 304 g/mol. The van der Waals surface area contributed by atoms with Crippen molar-refractivity contribution in [2.75, 3.05) is 0 Å². The Kier molecular flexibility index (Phi) is 3.76. The molecule has 4 rings (SSSR count). The highest BCUT2D eigenvalue weighted by Gasteiger charge is 2.61. The van der Waals surface area contributed by atoms with Gasteiger partial charge in [-0.1, -0.05) is 76.2 Å². The monoisotopic (exact) mass is 334 g/mol. The van der Waals surface area contributed by atoms with Crippen molar-refractivity contribution in [3.8, 4) is 5.75 Å². The molecule has 0 amide bonds. The summed E-state index contributed by atoms with van der Waals surface area (Å²) in [5.41, 5.74) is 4.16. The molecule has 0 spiro atoms. The van der Waals surface area contributed by atoms with Crippen LogP contribution in [0.1, 0.15) is 75.5 Å². The maximum atomic E-state index is 11.2. The molecule has 0 radical (unpaired) electrons. The fourth-order valence-corrected chi connectivity index (χ4v) is 5.81. The molecular formula is C24H30O. The first kappa shape index (κ1) is 16.7. The quantitative estimate of drug-likeness (QED) is 0.681. The van der Waals surface area contributed by atoms with Crippen LogP contribution in [0.25, 0.3) is 0 Å². The number of hydrogen-bond donors (Lipinski definition) is 1. The number of rotatable bonds is 3. The fourth-order valence-electron chi connectivity index (χ4n) is 5.81. The topological polar surface area (TPSA) is 20.2 Å². The second-order valence-corrected chi connectivity index (χ2v) is 9.08. The Labute approximate surface area is 152 Å². The maximum Gasteiger partial charge on any atom is 0.122 e. The Balaban J connectivity index is 1.74. The average molecular weight is 335 g/mol. The van der Waals surface area contributed by atoms with E-state index in [9.17, 15) is 5.11 Å². The van der Waals surface area contributed by atoms with Crippen molar-refractivity contribution < 1.29 is 5.11 Å². The minimum Gasteiger partial charge on any atom is -0.507 e. The lowest BCUT2D eigenvalue weighted by Crippen LogP contribution is -2.31. The van der Waals surface area contributed by atoms with Crippen molar-refractivity contribution in [2.24, 2.45) is 16.7 Å². The summed E-state index contributed by atoms with van der Waals surface area (Å²) in [5.74, 6) is 2.01. The van der Waals surface area contributed by atoms with Crippen molar-refractivity contribution >= 4 is 0 Å². The van der Waals surface area contributed by atoms with E-state index in [1.807, 2.05) is 6.07 Å². The Hall–Kier alpha value is -1.76. The molecule has 2 aromatic carbocycles. The van der Waals surface area contributed by atoms with Gasteiger partial charge < -0.3 is 5.11 Å². The molecule has 4 unspecified atom stereocenters. The maximum absolute atomic E-state index is 11.2. The van der Waals surface area contributed by atoms with Crippen molar-refractivity contribution in [1.29, 1.82) is 0 Å². The van der Waals surface area contributed by atoms with E-state index in [-0.39, 0.29) is 5.92 Å². The molecule has 0 saturated heterocycles. The van der Waals surface area contributed by atoms with Crippen molar-refractivity contribution in [3.63, 3.8) is 0 Å². The van der Waals surface area contributed by atoms with E-state index in [2.05, 4.69) is 70.2 Å². The van der Waals surface area contributed by atoms with Crippen LogP contribution >= 0.6 is 0 Å². The number of benzene rings is 2. The van der Waals surface area contributed by atoms with Gasteiger partial charge in [-0.15, -0.1) is 0 Å². The van der Waals surface area contributed by atoms with Gasteiger partial charge in [0.15, 0.2) is 0 Å². The molecule has 2 saturated carbocycles. The Bertz CT molecular complexity index is 776. The third-order valence-corrected chi connectivity index (χ3v) is 8.03. The predicted octanol–water partition coefficient (Wildman–Crippen LogP) is 6.47. The summed E-state index contributed by atoms with van der Waals surface area (Å²) in [6.45, 7) is 9.54. The van der Waals surface area contributed by atoms with E-state index < -0.39 is 0 Å². The predicted molar refractivity (Wildman–Crippen MR) is 104 cm³/mol. The fraction of sp³-hybridized carbons (Fsp3) is 0.500. The van der Waals surface area contributed by atoms with Crippen LogP contribution in [0.15, 0.2) is 48.5 Å². The van der Waals surface area contributed by atoms with Crippen LogP contribution in [-0.2, 0) is 0 Å². The van der Waals surface area contributed by atoms with E-state index >= 15 is 0 Å². The molecule has 1 nitrogen and oxygen atoms in total. The normalized spacial score (nSPS) is 31.2. The van der Waals surface area contributed by atoms with E-state index in [1.165, 1.54) is 30.4 Å². The van der Waals surface area contributed by atoms with Crippen LogP contribution in [0, 0.1) is 16.7 Å². The summed E-state index contributed by atoms with van der Waals surface area (Å²) in [6, 6.07) is 16.9. The minimum absolute atomic E-state index is 0.209. The SMILES string of the molecule is CC(c1ccccc1)c1cccc(C2CC3CCC2(C)C3(C)C)c1O. The highest BCUT2D eigenvalue weighted by molar-refractivity contribution is 5.49. The number of hydrogen-bond acceptors (Lipinski definition) is 1. The molecule has 132 valence electrons. The number of fused-ring (bicyclic) bond motifs is 2. The van der Waals surface area contributed by atoms with Crippen LogP contribution in [0.2, 0.25) is 0 Å². The van der Waals surface area contributed by atoms with E-state index in [4.69, 9.17) is 0 Å². The van der Waals surface area contributed by atoms with Gasteiger partial charge in [-0.3, -0.25) is 0 Å². The number of aromatic hydroxyl groups is 1. The molecule has 1 heteroatoms. The smallest absolute Gasteiger partial charge is 0.122 e. The Morgan fingerprint density at radius 2 is 1.72 bits per heavy atom. The molecule has 25 heavy (non-hydrogen) atoms. The van der Waals surface area contributed by atoms with Gasteiger partial charge in [-0.25, -0.2) is 0 Å². The van der Waals surface area contributed by atoms with Crippen LogP contribution in [0.4, 0.5) is 0 Å². The van der Waals surface area contributed by atoms with Gasteiger partial charge in [0.05, 0.1) is 0 Å². The van der Waals surface area contributed by atoms with Crippen molar-refractivity contribution in [2.45, 2.75) is 58.8 Å². The van der Waals surface area contributed by atoms with Crippen LogP contribution in [0.3, 0.4) is 0 Å². The van der Waals surface area contributed by atoms with Crippen LogP contribution < -0.4 is 0 Å². The molecule has 4 atom stereocenters. The molecule has 0 aliphatic heterocycles. The lowest BCUT2D eigenvalue weighted by molar-refractivity contribution is 0.133. The molecule has 2 fully saturated rings. The van der Waals surface area contributed by atoms with Crippen molar-refractivity contribution in [3.05, 3.63) is 65.2 Å². The average Bonchev–Trinajstić information content (AvgIpc) is 2.95. The molecule has 2 bridgehead atoms. The second kappa shape index (κ2) is 5.62. The first-order chi connectivity index (χ1) is 11.9. The molecule has 1 N–H and O–H groups in total. The van der Waals surface area contributed by atoms with E-state index in [1.54, 1.807) is 0 Å². The number of para-hydroxylation sites is 1. The summed E-state index contributed by atoms with van der Waals surface area (Å²) in [5, 5.41) is 11.2. The van der Waals surface area contributed by atoms with Gasteiger partial charge >= 0.3 is 0 Å². The molecule has 2 aromatic rings.